The van der Waals surface area contributed by atoms with Crippen LogP contribution in [0.5, 0.6) is 5.75 Å². The second-order valence-corrected chi connectivity index (χ2v) is 7.41. The summed E-state index contributed by atoms with van der Waals surface area (Å²) in [4.78, 5) is 14.8. The molecule has 0 aliphatic rings. The average molecular weight is 406 g/mol. The zero-order chi connectivity index (χ0) is 21.5. The number of hydrogen-bond acceptors (Lipinski definition) is 5. The Labute approximate surface area is 177 Å². The number of hydrogen-bond donors (Lipinski definition) is 0. The summed E-state index contributed by atoms with van der Waals surface area (Å²) in [6.07, 6.45) is 1.74. The summed E-state index contributed by atoms with van der Waals surface area (Å²) in [6, 6.07) is 15.5. The highest BCUT2D eigenvalue weighted by molar-refractivity contribution is 5.94. The Kier molecular flexibility index (Phi) is 6.95. The number of amides is 1. The third-order valence-electron chi connectivity index (χ3n) is 4.65. The summed E-state index contributed by atoms with van der Waals surface area (Å²) in [7, 11) is 0. The minimum absolute atomic E-state index is 0.0502. The number of benzene rings is 2. The maximum Gasteiger partial charge on any atom is 0.254 e. The van der Waals surface area contributed by atoms with Crippen molar-refractivity contribution in [1.29, 1.82) is 0 Å². The standard InChI is InChI=1S/C23H27N5O2/c1-5-14-27(15-19-8-6-18(4)7-9-19)23(29)20-10-12-21(13-11-20)30-16-22-24-25-26-28(22)17(2)3/h5-13,17H,1,14-16H2,2-4H3. The number of aromatic nitrogens is 4. The van der Waals surface area contributed by atoms with Crippen LogP contribution in [0.3, 0.4) is 0 Å². The first kappa shape index (κ1) is 21.2. The van der Waals surface area contributed by atoms with E-state index >= 15 is 0 Å². The van der Waals surface area contributed by atoms with Gasteiger partial charge in [-0.3, -0.25) is 4.79 Å². The molecule has 0 radical (unpaired) electrons. The van der Waals surface area contributed by atoms with Crippen LogP contribution < -0.4 is 4.74 Å². The molecule has 0 fully saturated rings. The third-order valence-corrected chi connectivity index (χ3v) is 4.65. The largest absolute Gasteiger partial charge is 0.486 e. The van der Waals surface area contributed by atoms with Gasteiger partial charge in [-0.1, -0.05) is 35.9 Å². The van der Waals surface area contributed by atoms with Gasteiger partial charge >= 0.3 is 0 Å². The fraction of sp³-hybridized carbons (Fsp3) is 0.304. The number of nitrogens with zero attached hydrogens (tertiary/aromatic N) is 5. The molecule has 1 aromatic heterocycles. The number of aryl methyl sites for hydroxylation is 1. The molecule has 0 bridgehead atoms. The minimum atomic E-state index is -0.0502. The smallest absolute Gasteiger partial charge is 0.254 e. The molecular weight excluding hydrogens is 378 g/mol. The van der Waals surface area contributed by atoms with Gasteiger partial charge in [0.15, 0.2) is 5.82 Å². The van der Waals surface area contributed by atoms with Gasteiger partial charge in [0.05, 0.1) is 6.04 Å². The monoisotopic (exact) mass is 405 g/mol. The first-order valence-electron chi connectivity index (χ1n) is 9.93. The normalized spacial score (nSPS) is 10.8. The van der Waals surface area contributed by atoms with Crippen LogP contribution in [0.1, 0.15) is 47.2 Å². The molecule has 7 heteroatoms. The molecule has 0 aliphatic carbocycles. The Morgan fingerprint density at radius 3 is 2.50 bits per heavy atom. The third kappa shape index (κ3) is 5.31. The molecule has 2 aromatic carbocycles. The molecule has 1 heterocycles. The van der Waals surface area contributed by atoms with E-state index in [-0.39, 0.29) is 18.6 Å². The van der Waals surface area contributed by atoms with E-state index in [4.69, 9.17) is 4.74 Å². The molecule has 0 aliphatic heterocycles. The maximum atomic E-state index is 13.0. The van der Waals surface area contributed by atoms with E-state index in [0.717, 1.165) is 5.56 Å². The van der Waals surface area contributed by atoms with Crippen LogP contribution in [-0.2, 0) is 13.2 Å². The van der Waals surface area contributed by atoms with Crippen molar-refractivity contribution in [2.24, 2.45) is 0 Å². The van der Waals surface area contributed by atoms with Crippen molar-refractivity contribution in [2.45, 2.75) is 40.0 Å². The first-order valence-corrected chi connectivity index (χ1v) is 9.93. The van der Waals surface area contributed by atoms with Crippen molar-refractivity contribution in [3.05, 3.63) is 83.7 Å². The van der Waals surface area contributed by atoms with E-state index < -0.39 is 0 Å². The van der Waals surface area contributed by atoms with Gasteiger partial charge < -0.3 is 9.64 Å². The van der Waals surface area contributed by atoms with Crippen LogP contribution in [0.15, 0.2) is 61.2 Å². The van der Waals surface area contributed by atoms with E-state index in [2.05, 4.69) is 22.1 Å². The van der Waals surface area contributed by atoms with Crippen LogP contribution in [0.2, 0.25) is 0 Å². The van der Waals surface area contributed by atoms with Gasteiger partial charge in [-0.25, -0.2) is 4.68 Å². The average Bonchev–Trinajstić information content (AvgIpc) is 3.22. The zero-order valence-electron chi connectivity index (χ0n) is 17.7. The van der Waals surface area contributed by atoms with Gasteiger partial charge in [-0.05, 0) is 61.0 Å². The van der Waals surface area contributed by atoms with Gasteiger partial charge in [0, 0.05) is 18.7 Å². The molecule has 3 rings (SSSR count). The lowest BCUT2D eigenvalue weighted by atomic mass is 10.1. The molecule has 0 N–H and O–H groups in total. The first-order chi connectivity index (χ1) is 14.5. The Morgan fingerprint density at radius 1 is 1.17 bits per heavy atom. The highest BCUT2D eigenvalue weighted by Crippen LogP contribution is 2.17. The number of tetrazole rings is 1. The Bertz CT molecular complexity index is 978. The highest BCUT2D eigenvalue weighted by atomic mass is 16.5. The molecule has 7 nitrogen and oxygen atoms in total. The van der Waals surface area contributed by atoms with Gasteiger partial charge in [0.1, 0.15) is 12.4 Å². The molecular formula is C23H27N5O2. The van der Waals surface area contributed by atoms with E-state index in [0.29, 0.717) is 30.2 Å². The van der Waals surface area contributed by atoms with E-state index in [1.165, 1.54) is 5.56 Å². The fourth-order valence-corrected chi connectivity index (χ4v) is 3.02. The molecule has 30 heavy (non-hydrogen) atoms. The van der Waals surface area contributed by atoms with Crippen LogP contribution in [0.4, 0.5) is 0 Å². The lowest BCUT2D eigenvalue weighted by Gasteiger charge is -2.21. The second-order valence-electron chi connectivity index (χ2n) is 7.41. The summed E-state index contributed by atoms with van der Waals surface area (Å²) < 4.78 is 7.50. The molecule has 3 aromatic rings. The van der Waals surface area contributed by atoms with E-state index in [1.807, 2.05) is 45.0 Å². The summed E-state index contributed by atoms with van der Waals surface area (Å²) in [5.41, 5.74) is 2.88. The molecule has 156 valence electrons. The van der Waals surface area contributed by atoms with E-state index in [1.54, 1.807) is 39.9 Å². The van der Waals surface area contributed by atoms with Crippen LogP contribution in [0.25, 0.3) is 0 Å². The van der Waals surface area contributed by atoms with Crippen molar-refractivity contribution in [3.8, 4) is 5.75 Å². The van der Waals surface area contributed by atoms with Gasteiger partial charge in [-0.2, -0.15) is 0 Å². The topological polar surface area (TPSA) is 73.1 Å². The SMILES string of the molecule is C=CCN(Cc1ccc(C)cc1)C(=O)c1ccc(OCc2nnnn2C(C)C)cc1. The summed E-state index contributed by atoms with van der Waals surface area (Å²) in [5.74, 6) is 1.25. The van der Waals surface area contributed by atoms with E-state index in [9.17, 15) is 4.79 Å². The van der Waals surface area contributed by atoms with Crippen molar-refractivity contribution in [3.63, 3.8) is 0 Å². The van der Waals surface area contributed by atoms with Crippen molar-refractivity contribution >= 4 is 5.91 Å². The Hall–Kier alpha value is -3.48. The highest BCUT2D eigenvalue weighted by Gasteiger charge is 2.16. The van der Waals surface area contributed by atoms with Crippen LogP contribution >= 0.6 is 0 Å². The molecule has 0 saturated carbocycles. The van der Waals surface area contributed by atoms with Crippen LogP contribution in [-0.4, -0.2) is 37.6 Å². The Balaban J connectivity index is 1.65. The lowest BCUT2D eigenvalue weighted by Crippen LogP contribution is -2.30. The Morgan fingerprint density at radius 2 is 1.87 bits per heavy atom. The molecule has 0 atom stereocenters. The predicted molar refractivity (Wildman–Crippen MR) is 115 cm³/mol. The minimum Gasteiger partial charge on any atom is -0.486 e. The zero-order valence-corrected chi connectivity index (χ0v) is 17.7. The van der Waals surface area contributed by atoms with Crippen molar-refractivity contribution in [1.82, 2.24) is 25.1 Å². The van der Waals surface area contributed by atoms with Gasteiger partial charge in [0.2, 0.25) is 0 Å². The number of ether oxygens (including phenoxy) is 1. The maximum absolute atomic E-state index is 13.0. The van der Waals surface area contributed by atoms with Gasteiger partial charge in [0.25, 0.3) is 5.91 Å². The second kappa shape index (κ2) is 9.82. The summed E-state index contributed by atoms with van der Waals surface area (Å²) in [5, 5.41) is 11.6. The molecule has 0 unspecified atom stereocenters. The summed E-state index contributed by atoms with van der Waals surface area (Å²) >= 11 is 0. The molecule has 1 amide bonds. The fourth-order valence-electron chi connectivity index (χ4n) is 3.02. The van der Waals surface area contributed by atoms with Crippen LogP contribution in [0, 0.1) is 6.92 Å². The lowest BCUT2D eigenvalue weighted by molar-refractivity contribution is 0.0762. The quantitative estimate of drug-likeness (QED) is 0.504. The predicted octanol–water partition coefficient (Wildman–Crippen LogP) is 3.97. The number of carbonyl (C=O) groups excluding carboxylic acids is 1. The van der Waals surface area contributed by atoms with Crippen molar-refractivity contribution in [2.75, 3.05) is 6.54 Å². The number of carbonyl (C=O) groups is 1. The molecule has 0 spiro atoms. The van der Waals surface area contributed by atoms with Crippen molar-refractivity contribution < 1.29 is 9.53 Å². The summed E-state index contributed by atoms with van der Waals surface area (Å²) in [6.45, 7) is 11.1. The number of rotatable bonds is 9. The van der Waals surface area contributed by atoms with Gasteiger partial charge in [-0.15, -0.1) is 11.7 Å². The molecule has 0 saturated heterocycles.